The van der Waals surface area contributed by atoms with Gasteiger partial charge in [0.2, 0.25) is 0 Å². The highest BCUT2D eigenvalue weighted by atomic mass is 15.0. The molecule has 0 spiro atoms. The summed E-state index contributed by atoms with van der Waals surface area (Å²) in [6, 6.07) is 9.96. The van der Waals surface area contributed by atoms with E-state index in [1.165, 1.54) is 17.5 Å². The number of nitrogens with two attached hydrogens (primary N) is 1. The van der Waals surface area contributed by atoms with Gasteiger partial charge in [-0.3, -0.25) is 0 Å². The van der Waals surface area contributed by atoms with Crippen LogP contribution in [0, 0.1) is 0 Å². The number of rotatable bonds is 3. The number of piperidine rings is 1. The molecular formula is C15H24N2. The molecule has 94 valence electrons. The normalized spacial score (nSPS) is 29.2. The highest BCUT2D eigenvalue weighted by Gasteiger charge is 2.28. The van der Waals surface area contributed by atoms with Crippen molar-refractivity contribution in [3.05, 3.63) is 35.4 Å². The Hall–Kier alpha value is -0.860. The van der Waals surface area contributed by atoms with Gasteiger partial charge < -0.3 is 11.1 Å². The van der Waals surface area contributed by atoms with E-state index >= 15 is 0 Å². The molecule has 3 atom stereocenters. The first-order valence-electron chi connectivity index (χ1n) is 6.82. The second-order valence-corrected chi connectivity index (χ2v) is 5.12. The lowest BCUT2D eigenvalue weighted by Gasteiger charge is -2.35. The van der Waals surface area contributed by atoms with Gasteiger partial charge in [-0.1, -0.05) is 38.1 Å². The van der Waals surface area contributed by atoms with Crippen LogP contribution in [0.4, 0.5) is 0 Å². The number of aryl methyl sites for hydroxylation is 1. The molecule has 1 heterocycles. The van der Waals surface area contributed by atoms with Crippen LogP contribution in [0.1, 0.15) is 43.7 Å². The van der Waals surface area contributed by atoms with Gasteiger partial charge in [-0.2, -0.15) is 0 Å². The van der Waals surface area contributed by atoms with Gasteiger partial charge in [-0.15, -0.1) is 0 Å². The van der Waals surface area contributed by atoms with Crippen LogP contribution in [0.25, 0.3) is 0 Å². The predicted molar refractivity (Wildman–Crippen MR) is 73.2 cm³/mol. The Morgan fingerprint density at radius 3 is 2.53 bits per heavy atom. The van der Waals surface area contributed by atoms with E-state index in [1.807, 2.05) is 0 Å². The molecule has 0 aliphatic carbocycles. The molecule has 1 aliphatic rings. The average Bonchev–Trinajstić information content (AvgIpc) is 2.39. The Morgan fingerprint density at radius 2 is 1.94 bits per heavy atom. The minimum absolute atomic E-state index is 0.300. The van der Waals surface area contributed by atoms with Gasteiger partial charge in [0.05, 0.1) is 0 Å². The van der Waals surface area contributed by atoms with E-state index in [2.05, 4.69) is 43.4 Å². The number of benzene rings is 1. The Balaban J connectivity index is 2.16. The molecule has 1 fully saturated rings. The summed E-state index contributed by atoms with van der Waals surface area (Å²) in [4.78, 5) is 0. The Labute approximate surface area is 105 Å². The van der Waals surface area contributed by atoms with E-state index in [1.54, 1.807) is 0 Å². The highest BCUT2D eigenvalue weighted by molar-refractivity contribution is 5.27. The van der Waals surface area contributed by atoms with Gasteiger partial charge in [0, 0.05) is 24.5 Å². The van der Waals surface area contributed by atoms with E-state index in [4.69, 9.17) is 5.73 Å². The third-order valence-electron chi connectivity index (χ3n) is 3.94. The SMILES string of the molecule is CCc1ccc(C2CC(N)CNC2CC)cc1. The molecule has 2 rings (SSSR count). The van der Waals surface area contributed by atoms with Gasteiger partial charge in [-0.25, -0.2) is 0 Å². The van der Waals surface area contributed by atoms with Crippen molar-refractivity contribution in [2.45, 2.75) is 51.1 Å². The summed E-state index contributed by atoms with van der Waals surface area (Å²) in [5.74, 6) is 0.578. The first-order valence-corrected chi connectivity index (χ1v) is 6.82. The molecule has 17 heavy (non-hydrogen) atoms. The van der Waals surface area contributed by atoms with Crippen molar-refractivity contribution >= 4 is 0 Å². The van der Waals surface area contributed by atoms with Crippen LogP contribution in [-0.2, 0) is 6.42 Å². The molecule has 1 aliphatic heterocycles. The molecule has 1 aromatic carbocycles. The molecule has 3 N–H and O–H groups in total. The number of nitrogens with one attached hydrogen (secondary N) is 1. The summed E-state index contributed by atoms with van der Waals surface area (Å²) in [6.45, 7) is 5.41. The van der Waals surface area contributed by atoms with Crippen LogP contribution < -0.4 is 11.1 Å². The smallest absolute Gasteiger partial charge is 0.0171 e. The Kier molecular flexibility index (Phi) is 4.19. The maximum Gasteiger partial charge on any atom is 0.0171 e. The van der Waals surface area contributed by atoms with Crippen LogP contribution in [0.3, 0.4) is 0 Å². The lowest BCUT2D eigenvalue weighted by atomic mass is 9.81. The molecule has 0 aromatic heterocycles. The largest absolute Gasteiger partial charge is 0.327 e. The second kappa shape index (κ2) is 5.65. The molecule has 2 heteroatoms. The van der Waals surface area contributed by atoms with Crippen molar-refractivity contribution < 1.29 is 0 Å². The van der Waals surface area contributed by atoms with Gasteiger partial charge in [0.25, 0.3) is 0 Å². The van der Waals surface area contributed by atoms with Crippen LogP contribution in [0.2, 0.25) is 0 Å². The van der Waals surface area contributed by atoms with Gasteiger partial charge >= 0.3 is 0 Å². The van der Waals surface area contributed by atoms with Crippen LogP contribution >= 0.6 is 0 Å². The average molecular weight is 232 g/mol. The van der Waals surface area contributed by atoms with Crippen molar-refractivity contribution in [2.75, 3.05) is 6.54 Å². The lowest BCUT2D eigenvalue weighted by molar-refractivity contribution is 0.314. The maximum absolute atomic E-state index is 6.07. The van der Waals surface area contributed by atoms with E-state index in [-0.39, 0.29) is 0 Å². The molecule has 1 saturated heterocycles. The van der Waals surface area contributed by atoms with Crippen LogP contribution in [0.5, 0.6) is 0 Å². The van der Waals surface area contributed by atoms with Crippen LogP contribution in [-0.4, -0.2) is 18.6 Å². The van der Waals surface area contributed by atoms with Crippen molar-refractivity contribution in [1.82, 2.24) is 5.32 Å². The van der Waals surface area contributed by atoms with Gasteiger partial charge in [0.1, 0.15) is 0 Å². The fraction of sp³-hybridized carbons (Fsp3) is 0.600. The molecule has 1 aromatic rings. The Bertz CT molecular complexity index is 344. The summed E-state index contributed by atoms with van der Waals surface area (Å²) in [5, 5.41) is 3.57. The lowest BCUT2D eigenvalue weighted by Crippen LogP contribution is -2.49. The van der Waals surface area contributed by atoms with E-state index in [0.29, 0.717) is 18.0 Å². The summed E-state index contributed by atoms with van der Waals surface area (Å²) in [6.07, 6.45) is 3.39. The minimum Gasteiger partial charge on any atom is -0.327 e. The van der Waals surface area contributed by atoms with Crippen LogP contribution in [0.15, 0.2) is 24.3 Å². The molecule has 0 bridgehead atoms. The maximum atomic E-state index is 6.07. The summed E-state index contributed by atoms with van der Waals surface area (Å²) < 4.78 is 0. The quantitative estimate of drug-likeness (QED) is 0.840. The zero-order chi connectivity index (χ0) is 12.3. The molecule has 3 unspecified atom stereocenters. The van der Waals surface area contributed by atoms with Crippen molar-refractivity contribution in [2.24, 2.45) is 5.73 Å². The zero-order valence-electron chi connectivity index (χ0n) is 10.9. The number of hydrogen-bond acceptors (Lipinski definition) is 2. The van der Waals surface area contributed by atoms with E-state index in [0.717, 1.165) is 19.4 Å². The highest BCUT2D eigenvalue weighted by Crippen LogP contribution is 2.29. The standard InChI is InChI=1S/C15H24N2/c1-3-11-5-7-12(8-6-11)14-9-13(16)10-17-15(14)4-2/h5-8,13-15,17H,3-4,9-10,16H2,1-2H3. The number of hydrogen-bond donors (Lipinski definition) is 2. The first-order chi connectivity index (χ1) is 8.24. The summed E-state index contributed by atoms with van der Waals surface area (Å²) in [5.41, 5.74) is 8.93. The van der Waals surface area contributed by atoms with E-state index < -0.39 is 0 Å². The molecule has 0 saturated carbocycles. The molecule has 0 radical (unpaired) electrons. The van der Waals surface area contributed by atoms with Crippen molar-refractivity contribution in [3.63, 3.8) is 0 Å². The summed E-state index contributed by atoms with van der Waals surface area (Å²) in [7, 11) is 0. The molecule has 0 amide bonds. The second-order valence-electron chi connectivity index (χ2n) is 5.12. The van der Waals surface area contributed by atoms with Gasteiger partial charge in [-0.05, 0) is 30.4 Å². The van der Waals surface area contributed by atoms with E-state index in [9.17, 15) is 0 Å². The monoisotopic (exact) mass is 232 g/mol. The zero-order valence-corrected chi connectivity index (χ0v) is 10.9. The van der Waals surface area contributed by atoms with Crippen molar-refractivity contribution in [3.8, 4) is 0 Å². The van der Waals surface area contributed by atoms with Crippen molar-refractivity contribution in [1.29, 1.82) is 0 Å². The van der Waals surface area contributed by atoms with Gasteiger partial charge in [0.15, 0.2) is 0 Å². The molecule has 2 nitrogen and oxygen atoms in total. The fourth-order valence-corrected chi connectivity index (χ4v) is 2.82. The first kappa shape index (κ1) is 12.6. The predicted octanol–water partition coefficient (Wildman–Crippen LogP) is 2.43. The minimum atomic E-state index is 0.300. The fourth-order valence-electron chi connectivity index (χ4n) is 2.82. The Morgan fingerprint density at radius 1 is 1.24 bits per heavy atom. The molecular weight excluding hydrogens is 208 g/mol. The topological polar surface area (TPSA) is 38.0 Å². The summed E-state index contributed by atoms with van der Waals surface area (Å²) >= 11 is 0. The third kappa shape index (κ3) is 2.88. The third-order valence-corrected chi connectivity index (χ3v) is 3.94.